The largest absolute Gasteiger partial charge is 0.415 e. The number of aliphatic hydroxyl groups excluding tert-OH is 2. The number of halogens is 3. The topological polar surface area (TPSA) is 43.7 Å². The SMILES string of the molecule is OC1CCCC1C1CCCN1CC(O)C(F)(F)F. The predicted octanol–water partition coefficient (Wildman–Crippen LogP) is 1.53. The van der Waals surface area contributed by atoms with Crippen LogP contribution in [0.3, 0.4) is 0 Å². The van der Waals surface area contributed by atoms with Crippen LogP contribution in [0.1, 0.15) is 32.1 Å². The summed E-state index contributed by atoms with van der Waals surface area (Å²) < 4.78 is 37.1. The van der Waals surface area contributed by atoms with Crippen LogP contribution >= 0.6 is 0 Å². The molecule has 0 amide bonds. The highest BCUT2D eigenvalue weighted by atomic mass is 19.4. The second kappa shape index (κ2) is 5.35. The third kappa shape index (κ3) is 2.97. The van der Waals surface area contributed by atoms with Crippen LogP contribution in [-0.2, 0) is 0 Å². The van der Waals surface area contributed by atoms with Gasteiger partial charge in [-0.25, -0.2) is 0 Å². The molecular formula is C12H20F3NO2. The van der Waals surface area contributed by atoms with Gasteiger partial charge in [0.1, 0.15) is 0 Å². The summed E-state index contributed by atoms with van der Waals surface area (Å²) >= 11 is 0. The molecule has 1 saturated heterocycles. The Balaban J connectivity index is 1.95. The zero-order valence-electron chi connectivity index (χ0n) is 10.2. The Hall–Kier alpha value is -0.330. The fourth-order valence-corrected chi connectivity index (χ4v) is 3.31. The van der Waals surface area contributed by atoms with Crippen molar-refractivity contribution in [2.45, 2.75) is 56.5 Å². The lowest BCUT2D eigenvalue weighted by Gasteiger charge is -2.32. The molecule has 1 aliphatic carbocycles. The molecule has 0 bridgehead atoms. The number of alkyl halides is 3. The molecule has 18 heavy (non-hydrogen) atoms. The Bertz CT molecular complexity index is 285. The van der Waals surface area contributed by atoms with Crippen LogP contribution in [0.5, 0.6) is 0 Å². The smallest absolute Gasteiger partial charge is 0.393 e. The first kappa shape index (κ1) is 14.1. The van der Waals surface area contributed by atoms with E-state index in [1.54, 1.807) is 4.90 Å². The minimum Gasteiger partial charge on any atom is -0.393 e. The standard InChI is InChI=1S/C12H20F3NO2/c13-12(14,15)11(18)7-16-6-2-4-9(16)8-3-1-5-10(8)17/h8-11,17-18H,1-7H2. The van der Waals surface area contributed by atoms with Crippen molar-refractivity contribution in [1.82, 2.24) is 4.90 Å². The van der Waals surface area contributed by atoms with Gasteiger partial charge in [0.15, 0.2) is 6.10 Å². The maximum atomic E-state index is 12.4. The molecular weight excluding hydrogens is 247 g/mol. The molecule has 2 N–H and O–H groups in total. The van der Waals surface area contributed by atoms with Crippen LogP contribution in [0.25, 0.3) is 0 Å². The van der Waals surface area contributed by atoms with Gasteiger partial charge in [-0.15, -0.1) is 0 Å². The molecule has 2 rings (SSSR count). The summed E-state index contributed by atoms with van der Waals surface area (Å²) in [6.45, 7) is 0.221. The number of β-amino-alcohol motifs (C(OH)–C–C–N with tert-alkyl or cyclic N) is 1. The lowest BCUT2D eigenvalue weighted by Crippen LogP contribution is -2.46. The number of hydrogen-bond donors (Lipinski definition) is 2. The summed E-state index contributed by atoms with van der Waals surface area (Å²) in [5.74, 6) is 0.0768. The van der Waals surface area contributed by atoms with Gasteiger partial charge in [0.05, 0.1) is 6.10 Å². The van der Waals surface area contributed by atoms with Crippen LogP contribution < -0.4 is 0 Å². The highest BCUT2D eigenvalue weighted by Crippen LogP contribution is 2.36. The molecule has 4 atom stereocenters. The second-order valence-corrected chi connectivity index (χ2v) is 5.42. The van der Waals surface area contributed by atoms with Crippen LogP contribution in [0, 0.1) is 5.92 Å². The van der Waals surface area contributed by atoms with Crippen molar-refractivity contribution in [3.63, 3.8) is 0 Å². The molecule has 0 spiro atoms. The summed E-state index contributed by atoms with van der Waals surface area (Å²) in [4.78, 5) is 1.71. The van der Waals surface area contributed by atoms with Crippen LogP contribution in [0.4, 0.5) is 13.2 Å². The van der Waals surface area contributed by atoms with Crippen molar-refractivity contribution in [3.8, 4) is 0 Å². The Kier molecular flexibility index (Phi) is 4.18. The van der Waals surface area contributed by atoms with Gasteiger partial charge in [-0.2, -0.15) is 13.2 Å². The molecule has 4 unspecified atom stereocenters. The maximum absolute atomic E-state index is 12.4. The van der Waals surface area contributed by atoms with Gasteiger partial charge in [0, 0.05) is 18.5 Å². The quantitative estimate of drug-likeness (QED) is 0.815. The number of nitrogens with zero attached hydrogens (tertiary/aromatic N) is 1. The van der Waals surface area contributed by atoms with Gasteiger partial charge >= 0.3 is 6.18 Å². The molecule has 3 nitrogen and oxygen atoms in total. The summed E-state index contributed by atoms with van der Waals surface area (Å²) in [6, 6.07) is -0.000463. The predicted molar refractivity (Wildman–Crippen MR) is 60.0 cm³/mol. The molecule has 1 heterocycles. The highest BCUT2D eigenvalue weighted by Gasteiger charge is 2.43. The van der Waals surface area contributed by atoms with Gasteiger partial charge < -0.3 is 10.2 Å². The Morgan fingerprint density at radius 2 is 1.89 bits per heavy atom. The van der Waals surface area contributed by atoms with Crippen molar-refractivity contribution in [2.24, 2.45) is 5.92 Å². The molecule has 1 aliphatic heterocycles. The fraction of sp³-hybridized carbons (Fsp3) is 1.00. The van der Waals surface area contributed by atoms with Crippen molar-refractivity contribution in [3.05, 3.63) is 0 Å². The van der Waals surface area contributed by atoms with E-state index in [1.165, 1.54) is 0 Å². The fourth-order valence-electron chi connectivity index (χ4n) is 3.31. The molecule has 6 heteroatoms. The molecule has 2 fully saturated rings. The van der Waals surface area contributed by atoms with Crippen molar-refractivity contribution in [1.29, 1.82) is 0 Å². The molecule has 0 aromatic carbocycles. The van der Waals surface area contributed by atoms with E-state index in [0.717, 1.165) is 32.1 Å². The minimum atomic E-state index is -4.55. The third-order valence-electron chi connectivity index (χ3n) is 4.23. The number of likely N-dealkylation sites (tertiary alicyclic amines) is 1. The van der Waals surface area contributed by atoms with Crippen LogP contribution in [0.2, 0.25) is 0 Å². The first-order valence-corrected chi connectivity index (χ1v) is 6.56. The van der Waals surface area contributed by atoms with Gasteiger partial charge in [-0.05, 0) is 32.2 Å². The van der Waals surface area contributed by atoms with Gasteiger partial charge in [0.25, 0.3) is 0 Å². The summed E-state index contributed by atoms with van der Waals surface area (Å²) in [6.07, 6.45) is -2.99. The Morgan fingerprint density at radius 3 is 2.44 bits per heavy atom. The zero-order chi connectivity index (χ0) is 13.3. The summed E-state index contributed by atoms with van der Waals surface area (Å²) in [5, 5.41) is 19.0. The summed E-state index contributed by atoms with van der Waals surface area (Å²) in [5.41, 5.74) is 0. The van der Waals surface area contributed by atoms with Crippen molar-refractivity contribution < 1.29 is 23.4 Å². The van der Waals surface area contributed by atoms with E-state index < -0.39 is 18.4 Å². The first-order valence-electron chi connectivity index (χ1n) is 6.56. The monoisotopic (exact) mass is 267 g/mol. The average Bonchev–Trinajstić information content (AvgIpc) is 2.85. The molecule has 0 radical (unpaired) electrons. The zero-order valence-corrected chi connectivity index (χ0v) is 10.2. The van der Waals surface area contributed by atoms with Gasteiger partial charge in [0.2, 0.25) is 0 Å². The Labute approximate surface area is 105 Å². The lowest BCUT2D eigenvalue weighted by molar-refractivity contribution is -0.209. The molecule has 1 saturated carbocycles. The molecule has 0 aromatic rings. The van der Waals surface area contributed by atoms with Gasteiger partial charge in [-0.1, -0.05) is 6.42 Å². The second-order valence-electron chi connectivity index (χ2n) is 5.42. The van der Waals surface area contributed by atoms with Crippen molar-refractivity contribution in [2.75, 3.05) is 13.1 Å². The normalized spacial score (nSPS) is 36.2. The molecule has 0 aromatic heterocycles. The maximum Gasteiger partial charge on any atom is 0.415 e. The summed E-state index contributed by atoms with van der Waals surface area (Å²) in [7, 11) is 0. The van der Waals surface area contributed by atoms with Crippen LogP contribution in [-0.4, -0.2) is 52.6 Å². The highest BCUT2D eigenvalue weighted by molar-refractivity contribution is 4.92. The van der Waals surface area contributed by atoms with E-state index in [4.69, 9.17) is 5.11 Å². The average molecular weight is 267 g/mol. The first-order chi connectivity index (χ1) is 8.39. The minimum absolute atomic E-state index is 0.000463. The number of hydrogen-bond acceptors (Lipinski definition) is 3. The van der Waals surface area contributed by atoms with Crippen LogP contribution in [0.15, 0.2) is 0 Å². The third-order valence-corrected chi connectivity index (χ3v) is 4.23. The van der Waals surface area contributed by atoms with E-state index in [1.807, 2.05) is 0 Å². The van der Waals surface area contributed by atoms with Gasteiger partial charge in [-0.3, -0.25) is 4.90 Å². The van der Waals surface area contributed by atoms with E-state index in [2.05, 4.69) is 0 Å². The Morgan fingerprint density at radius 1 is 1.17 bits per heavy atom. The molecule has 2 aliphatic rings. The van der Waals surface area contributed by atoms with Crippen molar-refractivity contribution >= 4 is 0 Å². The lowest BCUT2D eigenvalue weighted by atomic mass is 9.94. The van der Waals surface area contributed by atoms with E-state index in [9.17, 15) is 18.3 Å². The van der Waals surface area contributed by atoms with E-state index >= 15 is 0 Å². The van der Waals surface area contributed by atoms with E-state index in [0.29, 0.717) is 6.54 Å². The molecule has 106 valence electrons. The number of aliphatic hydroxyl groups is 2. The number of rotatable bonds is 3. The van der Waals surface area contributed by atoms with E-state index in [-0.39, 0.29) is 18.5 Å².